The van der Waals surface area contributed by atoms with Gasteiger partial charge in [0.2, 0.25) is 0 Å². The summed E-state index contributed by atoms with van der Waals surface area (Å²) in [7, 11) is 0. The molecular formula is C24H23ClN6O2. The molecule has 0 unspecified atom stereocenters. The molecule has 0 aliphatic rings. The fourth-order valence-electron chi connectivity index (χ4n) is 3.56. The molecule has 9 heteroatoms. The number of rotatable bonds is 6. The average molecular weight is 463 g/mol. The van der Waals surface area contributed by atoms with E-state index in [0.29, 0.717) is 32.9 Å². The second kappa shape index (κ2) is 9.30. The highest BCUT2D eigenvalue weighted by molar-refractivity contribution is 6.31. The van der Waals surface area contributed by atoms with Crippen molar-refractivity contribution >= 4 is 46.0 Å². The van der Waals surface area contributed by atoms with E-state index in [1.807, 2.05) is 36.6 Å². The molecule has 33 heavy (non-hydrogen) atoms. The van der Waals surface area contributed by atoms with Crippen molar-refractivity contribution in [2.24, 2.45) is 0 Å². The van der Waals surface area contributed by atoms with Crippen LogP contribution in [0.3, 0.4) is 0 Å². The van der Waals surface area contributed by atoms with Crippen molar-refractivity contribution in [3.05, 3.63) is 82.8 Å². The Morgan fingerprint density at radius 2 is 1.91 bits per heavy atom. The van der Waals surface area contributed by atoms with Crippen LogP contribution in [0.1, 0.15) is 41.4 Å². The molecule has 8 nitrogen and oxygen atoms in total. The van der Waals surface area contributed by atoms with Gasteiger partial charge in [0, 0.05) is 35.1 Å². The van der Waals surface area contributed by atoms with E-state index in [2.05, 4.69) is 20.6 Å². The number of amides is 2. The third-order valence-corrected chi connectivity index (χ3v) is 5.59. The molecule has 2 aromatic heterocycles. The number of nitrogens with two attached hydrogens (primary N) is 1. The van der Waals surface area contributed by atoms with Crippen LogP contribution in [-0.2, 0) is 6.54 Å². The number of halogens is 1. The summed E-state index contributed by atoms with van der Waals surface area (Å²) in [5.41, 5.74) is 8.80. The number of urea groups is 1. The summed E-state index contributed by atoms with van der Waals surface area (Å²) < 4.78 is 1.89. The van der Waals surface area contributed by atoms with Crippen LogP contribution in [0, 0.1) is 0 Å². The summed E-state index contributed by atoms with van der Waals surface area (Å²) in [4.78, 5) is 34.1. The van der Waals surface area contributed by atoms with Crippen LogP contribution in [0.5, 0.6) is 0 Å². The van der Waals surface area contributed by atoms with Gasteiger partial charge in [-0.05, 0) is 37.6 Å². The zero-order valence-corrected chi connectivity index (χ0v) is 18.9. The summed E-state index contributed by atoms with van der Waals surface area (Å²) in [6.45, 7) is 4.27. The first kappa shape index (κ1) is 22.3. The molecule has 0 saturated heterocycles. The number of nitrogens with zero attached hydrogens (tertiary/aromatic N) is 3. The summed E-state index contributed by atoms with van der Waals surface area (Å²) in [5, 5.41) is 6.61. The van der Waals surface area contributed by atoms with Gasteiger partial charge in [0.25, 0.3) is 0 Å². The monoisotopic (exact) mass is 462 g/mol. The highest BCUT2D eigenvalue weighted by Gasteiger charge is 2.21. The summed E-state index contributed by atoms with van der Waals surface area (Å²) in [6, 6.07) is 13.7. The summed E-state index contributed by atoms with van der Waals surface area (Å²) >= 11 is 6.13. The van der Waals surface area contributed by atoms with E-state index in [0.717, 1.165) is 5.56 Å². The number of anilines is 2. The summed E-state index contributed by atoms with van der Waals surface area (Å²) in [6.07, 6.45) is 3.13. The molecule has 0 aliphatic heterocycles. The lowest BCUT2D eigenvalue weighted by atomic mass is 10.0. The standard InChI is InChI=1S/C24H23ClN6O2/c1-14(2)31-12-18(20-22(26)28-13-29-23(20)31)21(32)15-7-5-8-17(10-15)30-24(33)27-11-16-6-3-4-9-19(16)25/h3-10,12-14H,11H2,1-2H3,(H2,26,28,29)(H2,27,30,33). The maximum absolute atomic E-state index is 13.4. The van der Waals surface area contributed by atoms with Gasteiger partial charge in [0.15, 0.2) is 5.78 Å². The Hall–Kier alpha value is -3.91. The van der Waals surface area contributed by atoms with E-state index >= 15 is 0 Å². The van der Waals surface area contributed by atoms with Gasteiger partial charge in [-0.3, -0.25) is 4.79 Å². The smallest absolute Gasteiger partial charge is 0.319 e. The van der Waals surface area contributed by atoms with Gasteiger partial charge < -0.3 is 20.9 Å². The van der Waals surface area contributed by atoms with Crippen LogP contribution >= 0.6 is 11.6 Å². The number of nitrogens with one attached hydrogen (secondary N) is 2. The largest absolute Gasteiger partial charge is 0.383 e. The molecule has 2 aromatic carbocycles. The Morgan fingerprint density at radius 1 is 1.12 bits per heavy atom. The minimum atomic E-state index is -0.409. The number of hydrogen-bond donors (Lipinski definition) is 3. The Bertz CT molecular complexity index is 1350. The maximum atomic E-state index is 13.4. The Labute approximate surface area is 195 Å². The number of carbonyl (C=O) groups is 2. The Balaban J connectivity index is 1.55. The maximum Gasteiger partial charge on any atom is 0.319 e. The Morgan fingerprint density at radius 3 is 2.67 bits per heavy atom. The van der Waals surface area contributed by atoms with Crippen molar-refractivity contribution in [1.29, 1.82) is 0 Å². The van der Waals surface area contributed by atoms with E-state index in [1.54, 1.807) is 36.5 Å². The minimum Gasteiger partial charge on any atom is -0.383 e. The first-order valence-corrected chi connectivity index (χ1v) is 10.8. The minimum absolute atomic E-state index is 0.0816. The van der Waals surface area contributed by atoms with Crippen molar-refractivity contribution in [2.75, 3.05) is 11.1 Å². The molecule has 0 aliphatic carbocycles. The first-order valence-electron chi connectivity index (χ1n) is 10.4. The van der Waals surface area contributed by atoms with Crippen molar-refractivity contribution in [3.63, 3.8) is 0 Å². The summed E-state index contributed by atoms with van der Waals surface area (Å²) in [5.74, 6) is 0.0111. The fourth-order valence-corrected chi connectivity index (χ4v) is 3.76. The molecular weight excluding hydrogens is 440 g/mol. The fraction of sp³-hybridized carbons (Fsp3) is 0.167. The van der Waals surface area contributed by atoms with Gasteiger partial charge in [-0.2, -0.15) is 0 Å². The zero-order valence-electron chi connectivity index (χ0n) is 18.2. The first-order chi connectivity index (χ1) is 15.8. The molecule has 2 amide bonds. The molecule has 0 bridgehead atoms. The van der Waals surface area contributed by atoms with Crippen molar-refractivity contribution in [2.45, 2.75) is 26.4 Å². The van der Waals surface area contributed by atoms with Crippen molar-refractivity contribution < 1.29 is 9.59 Å². The van der Waals surface area contributed by atoms with Gasteiger partial charge in [-0.1, -0.05) is 41.9 Å². The van der Waals surface area contributed by atoms with Crippen LogP contribution < -0.4 is 16.4 Å². The number of carbonyl (C=O) groups excluding carboxylic acids is 2. The lowest BCUT2D eigenvalue weighted by Gasteiger charge is -2.10. The lowest BCUT2D eigenvalue weighted by molar-refractivity contribution is 0.104. The zero-order chi connectivity index (χ0) is 23.5. The molecule has 4 N–H and O–H groups in total. The molecule has 0 saturated carbocycles. The predicted molar refractivity (Wildman–Crippen MR) is 130 cm³/mol. The molecule has 0 radical (unpaired) electrons. The van der Waals surface area contributed by atoms with Gasteiger partial charge in [0.05, 0.1) is 10.9 Å². The molecule has 2 heterocycles. The molecule has 168 valence electrons. The van der Waals surface area contributed by atoms with Crippen LogP contribution in [0.25, 0.3) is 11.0 Å². The molecule has 0 atom stereocenters. The quantitative estimate of drug-likeness (QED) is 0.356. The number of aromatic nitrogens is 3. The van der Waals surface area contributed by atoms with E-state index in [4.69, 9.17) is 17.3 Å². The van der Waals surface area contributed by atoms with E-state index in [1.165, 1.54) is 6.33 Å². The highest BCUT2D eigenvalue weighted by atomic mass is 35.5. The number of benzene rings is 2. The predicted octanol–water partition coefficient (Wildman–Crippen LogP) is 4.80. The van der Waals surface area contributed by atoms with Crippen LogP contribution in [0.15, 0.2) is 61.1 Å². The Kier molecular flexibility index (Phi) is 6.28. The van der Waals surface area contributed by atoms with E-state index in [-0.39, 0.29) is 24.2 Å². The van der Waals surface area contributed by atoms with Gasteiger partial charge >= 0.3 is 6.03 Å². The normalized spacial score (nSPS) is 11.0. The third-order valence-electron chi connectivity index (χ3n) is 5.22. The number of nitrogen functional groups attached to an aromatic ring is 1. The number of fused-ring (bicyclic) bond motifs is 1. The van der Waals surface area contributed by atoms with Gasteiger partial charge in [-0.25, -0.2) is 14.8 Å². The average Bonchev–Trinajstić information content (AvgIpc) is 3.19. The molecule has 0 spiro atoms. The molecule has 0 fully saturated rings. The number of hydrogen-bond acceptors (Lipinski definition) is 5. The topological polar surface area (TPSA) is 115 Å². The van der Waals surface area contributed by atoms with Gasteiger partial charge in [-0.15, -0.1) is 0 Å². The second-order valence-corrected chi connectivity index (χ2v) is 8.22. The van der Waals surface area contributed by atoms with E-state index < -0.39 is 6.03 Å². The third kappa shape index (κ3) is 4.65. The van der Waals surface area contributed by atoms with Crippen LogP contribution in [-0.4, -0.2) is 26.3 Å². The van der Waals surface area contributed by atoms with Crippen LogP contribution in [0.2, 0.25) is 5.02 Å². The lowest BCUT2D eigenvalue weighted by Crippen LogP contribution is -2.28. The number of ketones is 1. The van der Waals surface area contributed by atoms with Crippen molar-refractivity contribution in [3.8, 4) is 0 Å². The van der Waals surface area contributed by atoms with Crippen LogP contribution in [0.4, 0.5) is 16.3 Å². The SMILES string of the molecule is CC(C)n1cc(C(=O)c2cccc(NC(=O)NCc3ccccc3Cl)c2)c2c(N)ncnc21. The van der Waals surface area contributed by atoms with E-state index in [9.17, 15) is 9.59 Å². The van der Waals surface area contributed by atoms with Gasteiger partial charge in [0.1, 0.15) is 17.8 Å². The molecule has 4 aromatic rings. The van der Waals surface area contributed by atoms with Crippen molar-refractivity contribution in [1.82, 2.24) is 19.9 Å². The second-order valence-electron chi connectivity index (χ2n) is 7.81. The highest BCUT2D eigenvalue weighted by Crippen LogP contribution is 2.29. The molecule has 4 rings (SSSR count).